The van der Waals surface area contributed by atoms with Crippen LogP contribution in [0.15, 0.2) is 18.2 Å². The van der Waals surface area contributed by atoms with Crippen LogP contribution in [0.1, 0.15) is 18.4 Å². The highest BCUT2D eigenvalue weighted by Gasteiger charge is 2.19. The third-order valence-corrected chi connectivity index (χ3v) is 7.03. The molecule has 2 saturated heterocycles. The quantitative estimate of drug-likeness (QED) is 0.602. The predicted octanol–water partition coefficient (Wildman–Crippen LogP) is 2.26. The Bertz CT molecular complexity index is 634. The lowest BCUT2D eigenvalue weighted by Gasteiger charge is -2.31. The van der Waals surface area contributed by atoms with Crippen LogP contribution < -0.4 is 9.47 Å². The minimum Gasteiger partial charge on any atom is -0.493 e. The molecule has 7 heteroatoms. The highest BCUT2D eigenvalue weighted by molar-refractivity contribution is 7.99. The van der Waals surface area contributed by atoms with Crippen molar-refractivity contribution in [2.75, 3.05) is 78.6 Å². The summed E-state index contributed by atoms with van der Waals surface area (Å²) in [4.78, 5) is 7.14. The second kappa shape index (κ2) is 12.2. The number of benzene rings is 1. The molecule has 0 bridgehead atoms. The van der Waals surface area contributed by atoms with Crippen molar-refractivity contribution in [1.82, 2.24) is 14.7 Å². The van der Waals surface area contributed by atoms with Crippen molar-refractivity contribution in [3.05, 3.63) is 23.8 Å². The highest BCUT2D eigenvalue weighted by Crippen LogP contribution is 2.29. The van der Waals surface area contributed by atoms with Crippen LogP contribution in [-0.2, 0) is 6.54 Å². The number of ether oxygens (including phenoxy) is 2. The molecule has 2 aliphatic heterocycles. The van der Waals surface area contributed by atoms with Crippen LogP contribution in [0.3, 0.4) is 0 Å². The number of thioether (sulfide) groups is 1. The number of β-amino-alcohol motifs (C(OH)–C–C–N with tert-alkyl or cyclic N) is 1. The van der Waals surface area contributed by atoms with Crippen LogP contribution >= 0.6 is 11.8 Å². The highest BCUT2D eigenvalue weighted by atomic mass is 32.2. The molecule has 0 spiro atoms. The van der Waals surface area contributed by atoms with Gasteiger partial charge >= 0.3 is 0 Å². The third-order valence-electron chi connectivity index (χ3n) is 6.09. The average molecular weight is 438 g/mol. The van der Waals surface area contributed by atoms with E-state index >= 15 is 0 Å². The Hall–Kier alpha value is -0.990. The number of rotatable bonds is 10. The lowest BCUT2D eigenvalue weighted by Crippen LogP contribution is -2.40. The first-order chi connectivity index (χ1) is 14.5. The zero-order valence-electron chi connectivity index (χ0n) is 18.9. The monoisotopic (exact) mass is 437 g/mol. The van der Waals surface area contributed by atoms with Crippen molar-refractivity contribution in [3.63, 3.8) is 0 Å². The molecule has 0 amide bonds. The second-order valence-corrected chi connectivity index (χ2v) is 10.0. The van der Waals surface area contributed by atoms with Gasteiger partial charge in [0.1, 0.15) is 12.7 Å². The molecule has 0 unspecified atom stereocenters. The van der Waals surface area contributed by atoms with Gasteiger partial charge in [-0.1, -0.05) is 6.07 Å². The summed E-state index contributed by atoms with van der Waals surface area (Å²) < 4.78 is 11.5. The Morgan fingerprint density at radius 1 is 1.17 bits per heavy atom. The van der Waals surface area contributed by atoms with Gasteiger partial charge in [-0.25, -0.2) is 0 Å². The molecule has 170 valence electrons. The van der Waals surface area contributed by atoms with Gasteiger partial charge in [-0.3, -0.25) is 4.90 Å². The van der Waals surface area contributed by atoms with E-state index in [9.17, 15) is 5.11 Å². The topological polar surface area (TPSA) is 48.4 Å². The first-order valence-corrected chi connectivity index (χ1v) is 12.3. The van der Waals surface area contributed by atoms with Gasteiger partial charge in [0.25, 0.3) is 0 Å². The zero-order chi connectivity index (χ0) is 21.3. The van der Waals surface area contributed by atoms with Gasteiger partial charge in [0, 0.05) is 44.2 Å². The maximum absolute atomic E-state index is 10.3. The number of methoxy groups -OCH3 is 1. The fourth-order valence-corrected chi connectivity index (χ4v) is 5.29. The molecular formula is C23H39N3O3S. The lowest BCUT2D eigenvalue weighted by molar-refractivity contribution is 0.0704. The summed E-state index contributed by atoms with van der Waals surface area (Å²) in [5.74, 6) is 4.52. The van der Waals surface area contributed by atoms with E-state index in [-0.39, 0.29) is 6.61 Å². The van der Waals surface area contributed by atoms with E-state index < -0.39 is 6.10 Å². The van der Waals surface area contributed by atoms with Crippen LogP contribution in [0.5, 0.6) is 11.5 Å². The molecule has 0 aromatic heterocycles. The molecule has 6 nitrogen and oxygen atoms in total. The molecule has 1 aromatic carbocycles. The van der Waals surface area contributed by atoms with Gasteiger partial charge in [-0.15, -0.1) is 0 Å². The summed E-state index contributed by atoms with van der Waals surface area (Å²) >= 11 is 1.98. The number of hydrogen-bond acceptors (Lipinski definition) is 7. The van der Waals surface area contributed by atoms with E-state index in [4.69, 9.17) is 9.47 Å². The van der Waals surface area contributed by atoms with Crippen molar-refractivity contribution in [1.29, 1.82) is 0 Å². The maximum atomic E-state index is 10.3. The van der Waals surface area contributed by atoms with Gasteiger partial charge in [0.15, 0.2) is 11.5 Å². The van der Waals surface area contributed by atoms with Gasteiger partial charge in [-0.05, 0) is 63.6 Å². The predicted molar refractivity (Wildman–Crippen MR) is 125 cm³/mol. The number of aliphatic hydroxyl groups is 1. The van der Waals surface area contributed by atoms with Crippen molar-refractivity contribution in [3.8, 4) is 11.5 Å². The Morgan fingerprint density at radius 3 is 2.60 bits per heavy atom. The van der Waals surface area contributed by atoms with Crippen LogP contribution in [0.2, 0.25) is 0 Å². The molecule has 0 aliphatic carbocycles. The van der Waals surface area contributed by atoms with Crippen LogP contribution in [0.25, 0.3) is 0 Å². The van der Waals surface area contributed by atoms with E-state index in [1.807, 2.05) is 17.8 Å². The first-order valence-electron chi connectivity index (χ1n) is 11.2. The summed E-state index contributed by atoms with van der Waals surface area (Å²) in [6.45, 7) is 7.50. The van der Waals surface area contributed by atoms with Gasteiger partial charge in [0.05, 0.1) is 7.11 Å². The summed E-state index contributed by atoms with van der Waals surface area (Å²) in [7, 11) is 6.09. The van der Waals surface area contributed by atoms with E-state index in [1.165, 1.54) is 31.5 Å². The Balaban J connectivity index is 1.46. The summed E-state index contributed by atoms with van der Waals surface area (Å²) in [5.41, 5.74) is 1.22. The van der Waals surface area contributed by atoms with Crippen LogP contribution in [0.4, 0.5) is 0 Å². The first kappa shape index (κ1) is 23.7. The van der Waals surface area contributed by atoms with Crippen LogP contribution in [-0.4, -0.2) is 104 Å². The molecule has 2 aliphatic rings. The Kier molecular flexibility index (Phi) is 9.59. The smallest absolute Gasteiger partial charge is 0.161 e. The molecule has 2 heterocycles. The van der Waals surface area contributed by atoms with Crippen molar-refractivity contribution >= 4 is 11.8 Å². The van der Waals surface area contributed by atoms with Crippen molar-refractivity contribution < 1.29 is 14.6 Å². The molecule has 1 atom stereocenters. The Morgan fingerprint density at radius 2 is 1.90 bits per heavy atom. The van der Waals surface area contributed by atoms with E-state index in [1.54, 1.807) is 7.11 Å². The van der Waals surface area contributed by atoms with E-state index in [0.717, 1.165) is 49.4 Å². The lowest BCUT2D eigenvalue weighted by atomic mass is 9.96. The normalized spacial score (nSPS) is 20.4. The number of hydrogen-bond donors (Lipinski definition) is 1. The molecule has 3 rings (SSSR count). The molecular weight excluding hydrogens is 398 g/mol. The molecule has 0 radical (unpaired) electrons. The van der Waals surface area contributed by atoms with Crippen molar-refractivity contribution in [2.24, 2.45) is 5.92 Å². The minimum absolute atomic E-state index is 0.287. The fraction of sp³-hybridized carbons (Fsp3) is 0.739. The molecule has 1 aromatic rings. The zero-order valence-corrected chi connectivity index (χ0v) is 19.7. The standard InChI is InChI=1S/C23H39N3O3S/c1-24-8-6-19(7-9-24)15-25(2)16-20-4-5-22(23(14-20)28-3)29-18-21(27)17-26-10-12-30-13-11-26/h4-5,14,19,21,27H,6-13,15-18H2,1-3H3/t21-/m0/s1. The van der Waals surface area contributed by atoms with Crippen LogP contribution in [0, 0.1) is 5.92 Å². The minimum atomic E-state index is -0.488. The number of aliphatic hydroxyl groups excluding tert-OH is 1. The van der Waals surface area contributed by atoms with Gasteiger partial charge < -0.3 is 24.4 Å². The summed E-state index contributed by atoms with van der Waals surface area (Å²) in [5, 5.41) is 10.3. The Labute approximate surface area is 186 Å². The average Bonchev–Trinajstić information content (AvgIpc) is 2.75. The maximum Gasteiger partial charge on any atom is 0.161 e. The molecule has 0 saturated carbocycles. The SMILES string of the molecule is COc1cc(CN(C)CC2CCN(C)CC2)ccc1OC[C@@H](O)CN1CCSCC1. The van der Waals surface area contributed by atoms with Gasteiger partial charge in [-0.2, -0.15) is 11.8 Å². The fourth-order valence-electron chi connectivity index (χ4n) is 4.31. The van der Waals surface area contributed by atoms with Gasteiger partial charge in [0.2, 0.25) is 0 Å². The van der Waals surface area contributed by atoms with Crippen molar-refractivity contribution in [2.45, 2.75) is 25.5 Å². The molecule has 1 N–H and O–H groups in total. The van der Waals surface area contributed by atoms with E-state index in [0.29, 0.717) is 12.3 Å². The summed E-state index contributed by atoms with van der Waals surface area (Å²) in [6, 6.07) is 6.15. The second-order valence-electron chi connectivity index (χ2n) is 8.81. The number of likely N-dealkylation sites (tertiary alicyclic amines) is 1. The third kappa shape index (κ3) is 7.61. The molecule has 2 fully saturated rings. The molecule has 30 heavy (non-hydrogen) atoms. The van der Waals surface area contributed by atoms with E-state index in [2.05, 4.69) is 40.9 Å². The number of piperidine rings is 1. The summed E-state index contributed by atoms with van der Waals surface area (Å²) in [6.07, 6.45) is 2.09. The number of nitrogens with zero attached hydrogens (tertiary/aromatic N) is 3. The largest absolute Gasteiger partial charge is 0.493 e.